The minimum absolute atomic E-state index is 0.0330. The fraction of sp³-hybridized carbons (Fsp3) is 0.444. The van der Waals surface area contributed by atoms with E-state index in [1.54, 1.807) is 26.4 Å². The first-order valence-corrected chi connectivity index (χ1v) is 19.1. The summed E-state index contributed by atoms with van der Waals surface area (Å²) < 4.78 is 24.8. The number of carbonyl (C=O) groups excluding carboxylic acids is 1. The molecule has 0 bridgehead atoms. The molecule has 1 N–H and O–H groups in total. The molecule has 1 amide bonds. The third kappa shape index (κ3) is 10.4. The van der Waals surface area contributed by atoms with Gasteiger partial charge in [0, 0.05) is 31.0 Å². The number of methoxy groups -OCH3 is 2. The lowest BCUT2D eigenvalue weighted by molar-refractivity contribution is -0.121. The van der Waals surface area contributed by atoms with Crippen LogP contribution in [0, 0.1) is 5.82 Å². The van der Waals surface area contributed by atoms with Crippen LogP contribution in [0.1, 0.15) is 85.2 Å². The molecule has 0 radical (unpaired) electrons. The summed E-state index contributed by atoms with van der Waals surface area (Å²) in [5.74, 6) is 1.38. The Morgan fingerprint density at radius 2 is 1.48 bits per heavy atom. The molecule has 1 aliphatic heterocycles. The van der Waals surface area contributed by atoms with Gasteiger partial charge in [-0.05, 0) is 131 Å². The number of rotatable bonds is 20. The summed E-state index contributed by atoms with van der Waals surface area (Å²) in [6, 6.07) is 33.0. The number of nitrogens with zero attached hydrogens (tertiary/aromatic N) is 2. The standard InChI is InChI=1S/C45H58FN3O3/c1-48(2)30-12-11-19-41-40-34-43(52-4)42(51-3)33-36(40)26-32-49(41)31-14-28-45(37-15-7-5-8-16-37,38-17-9-6-10-18-38)27-13-29-47-44(50)25-22-35-20-23-39(46)24-21-35/h5-10,15-18,20-21,23-24,33-34,41H,11-14,19,22,25-32H2,1-4H3,(H,47,50). The molecule has 4 aromatic carbocycles. The number of aryl methyl sites for hydroxylation is 1. The Kier molecular flexibility index (Phi) is 14.7. The molecule has 278 valence electrons. The molecular formula is C45H58FN3O3. The Morgan fingerprint density at radius 3 is 2.12 bits per heavy atom. The number of ether oxygens (including phenoxy) is 2. The number of hydrogen-bond acceptors (Lipinski definition) is 5. The van der Waals surface area contributed by atoms with Crippen LogP contribution in [0.25, 0.3) is 0 Å². The van der Waals surface area contributed by atoms with Gasteiger partial charge in [-0.1, -0.05) is 79.2 Å². The summed E-state index contributed by atoms with van der Waals surface area (Å²) >= 11 is 0. The number of halogens is 1. The normalized spacial score (nSPS) is 14.6. The van der Waals surface area contributed by atoms with Gasteiger partial charge in [-0.3, -0.25) is 9.69 Å². The van der Waals surface area contributed by atoms with Crippen LogP contribution in [0.5, 0.6) is 11.5 Å². The van der Waals surface area contributed by atoms with Crippen molar-refractivity contribution in [3.8, 4) is 11.5 Å². The minimum Gasteiger partial charge on any atom is -0.493 e. The van der Waals surface area contributed by atoms with E-state index in [2.05, 4.69) is 102 Å². The van der Waals surface area contributed by atoms with Crippen molar-refractivity contribution >= 4 is 5.91 Å². The van der Waals surface area contributed by atoms with Crippen molar-refractivity contribution in [2.75, 3.05) is 54.5 Å². The second-order valence-corrected chi connectivity index (χ2v) is 14.5. The van der Waals surface area contributed by atoms with Gasteiger partial charge in [-0.15, -0.1) is 0 Å². The summed E-state index contributed by atoms with van der Waals surface area (Å²) in [4.78, 5) is 17.8. The molecule has 5 rings (SSSR count). The molecule has 1 unspecified atom stereocenters. The smallest absolute Gasteiger partial charge is 0.220 e. The summed E-state index contributed by atoms with van der Waals surface area (Å²) in [6.45, 7) is 3.74. The van der Waals surface area contributed by atoms with E-state index in [9.17, 15) is 9.18 Å². The van der Waals surface area contributed by atoms with Crippen LogP contribution in [0.2, 0.25) is 0 Å². The van der Waals surface area contributed by atoms with Crippen molar-refractivity contribution in [2.45, 2.75) is 75.7 Å². The Hall–Kier alpha value is -4.20. The maximum Gasteiger partial charge on any atom is 0.220 e. The summed E-state index contributed by atoms with van der Waals surface area (Å²) in [5.41, 5.74) is 6.17. The molecule has 4 aromatic rings. The number of unbranched alkanes of at least 4 members (excludes halogenated alkanes) is 1. The highest BCUT2D eigenvalue weighted by Gasteiger charge is 2.35. The summed E-state index contributed by atoms with van der Waals surface area (Å²) in [7, 11) is 7.74. The van der Waals surface area contributed by atoms with Crippen molar-refractivity contribution in [1.82, 2.24) is 15.1 Å². The van der Waals surface area contributed by atoms with Crippen LogP contribution in [-0.4, -0.2) is 70.2 Å². The molecule has 0 saturated carbocycles. The quantitative estimate of drug-likeness (QED) is 0.0932. The SMILES string of the molecule is COc1cc2c(cc1OC)C(CCCCN(C)C)N(CCCC(CCCNC(=O)CCc1ccc(F)cc1)(c1ccccc1)c1ccccc1)CC2. The maximum atomic E-state index is 13.3. The van der Waals surface area contributed by atoms with Gasteiger partial charge in [0.1, 0.15) is 5.82 Å². The van der Waals surface area contributed by atoms with Crippen LogP contribution in [0.3, 0.4) is 0 Å². The molecule has 0 spiro atoms. The van der Waals surface area contributed by atoms with Gasteiger partial charge in [0.05, 0.1) is 14.2 Å². The molecule has 0 fully saturated rings. The van der Waals surface area contributed by atoms with Crippen LogP contribution in [0.4, 0.5) is 4.39 Å². The summed E-state index contributed by atoms with van der Waals surface area (Å²) in [5, 5.41) is 3.17. The molecule has 6 nitrogen and oxygen atoms in total. The zero-order chi connectivity index (χ0) is 36.8. The highest BCUT2D eigenvalue weighted by molar-refractivity contribution is 5.76. The lowest BCUT2D eigenvalue weighted by Crippen LogP contribution is -2.37. The van der Waals surface area contributed by atoms with E-state index >= 15 is 0 Å². The van der Waals surface area contributed by atoms with Crippen molar-refractivity contribution in [3.05, 3.63) is 131 Å². The number of nitrogens with one attached hydrogen (secondary N) is 1. The third-order valence-corrected chi connectivity index (χ3v) is 10.8. The molecule has 1 heterocycles. The highest BCUT2D eigenvalue weighted by atomic mass is 19.1. The number of benzene rings is 4. The number of hydrogen-bond donors (Lipinski definition) is 1. The van der Waals surface area contributed by atoms with Gasteiger partial charge in [0.2, 0.25) is 5.91 Å². The van der Waals surface area contributed by atoms with E-state index < -0.39 is 0 Å². The van der Waals surface area contributed by atoms with Gasteiger partial charge < -0.3 is 19.7 Å². The first-order chi connectivity index (χ1) is 25.3. The first kappa shape index (κ1) is 39.0. The van der Waals surface area contributed by atoms with E-state index in [1.165, 1.54) is 47.2 Å². The van der Waals surface area contributed by atoms with Gasteiger partial charge in [-0.2, -0.15) is 0 Å². The zero-order valence-electron chi connectivity index (χ0n) is 31.7. The molecule has 0 aromatic heterocycles. The average Bonchev–Trinajstić information content (AvgIpc) is 3.17. The Labute approximate surface area is 311 Å². The van der Waals surface area contributed by atoms with Crippen LogP contribution in [-0.2, 0) is 23.1 Å². The van der Waals surface area contributed by atoms with Crippen molar-refractivity contribution in [1.29, 1.82) is 0 Å². The van der Waals surface area contributed by atoms with Crippen molar-refractivity contribution < 1.29 is 18.7 Å². The monoisotopic (exact) mass is 707 g/mol. The van der Waals surface area contributed by atoms with Gasteiger partial charge in [0.15, 0.2) is 11.5 Å². The second-order valence-electron chi connectivity index (χ2n) is 14.5. The lowest BCUT2D eigenvalue weighted by atomic mass is 9.68. The van der Waals surface area contributed by atoms with E-state index in [0.717, 1.165) is 75.2 Å². The maximum absolute atomic E-state index is 13.3. The molecule has 0 saturated heterocycles. The fourth-order valence-electron chi connectivity index (χ4n) is 8.03. The number of fused-ring (bicyclic) bond motifs is 1. The van der Waals surface area contributed by atoms with Gasteiger partial charge in [-0.25, -0.2) is 4.39 Å². The average molecular weight is 708 g/mol. The van der Waals surface area contributed by atoms with Crippen LogP contribution < -0.4 is 14.8 Å². The number of amides is 1. The van der Waals surface area contributed by atoms with Crippen LogP contribution >= 0.6 is 0 Å². The Bertz CT molecular complexity index is 1620. The van der Waals surface area contributed by atoms with Crippen molar-refractivity contribution in [3.63, 3.8) is 0 Å². The summed E-state index contributed by atoms with van der Waals surface area (Å²) in [6.07, 6.45) is 9.27. The Balaban J connectivity index is 1.31. The molecule has 7 heteroatoms. The molecule has 1 aliphatic rings. The molecule has 0 aliphatic carbocycles. The predicted molar refractivity (Wildman–Crippen MR) is 210 cm³/mol. The van der Waals surface area contributed by atoms with Gasteiger partial charge >= 0.3 is 0 Å². The highest BCUT2D eigenvalue weighted by Crippen LogP contribution is 2.43. The molecular weight excluding hydrogens is 650 g/mol. The second kappa shape index (κ2) is 19.6. The third-order valence-electron chi connectivity index (χ3n) is 10.8. The fourth-order valence-corrected chi connectivity index (χ4v) is 8.03. The van der Waals surface area contributed by atoms with Crippen LogP contribution in [0.15, 0.2) is 97.1 Å². The lowest BCUT2D eigenvalue weighted by Gasteiger charge is -2.40. The molecule has 52 heavy (non-hydrogen) atoms. The van der Waals surface area contributed by atoms with Crippen molar-refractivity contribution in [2.24, 2.45) is 0 Å². The predicted octanol–water partition coefficient (Wildman–Crippen LogP) is 8.77. The van der Waals surface area contributed by atoms with Gasteiger partial charge in [0.25, 0.3) is 0 Å². The van der Waals surface area contributed by atoms with E-state index in [-0.39, 0.29) is 17.1 Å². The Morgan fingerprint density at radius 1 is 0.846 bits per heavy atom. The van der Waals surface area contributed by atoms with E-state index in [0.29, 0.717) is 25.4 Å². The topological polar surface area (TPSA) is 54.0 Å². The van der Waals surface area contributed by atoms with E-state index in [4.69, 9.17) is 9.47 Å². The van der Waals surface area contributed by atoms with E-state index in [1.807, 2.05) is 0 Å². The first-order valence-electron chi connectivity index (χ1n) is 19.1. The largest absolute Gasteiger partial charge is 0.493 e. The number of carbonyl (C=O) groups is 1. The minimum atomic E-state index is -0.257. The molecule has 1 atom stereocenters. The zero-order valence-corrected chi connectivity index (χ0v) is 31.7.